The Morgan fingerprint density at radius 1 is 1.41 bits per heavy atom. The van der Waals surface area contributed by atoms with E-state index in [1.807, 2.05) is 0 Å². The highest BCUT2D eigenvalue weighted by molar-refractivity contribution is 5.08. The molecular weight excluding hydrogens is 216 g/mol. The van der Waals surface area contributed by atoms with E-state index in [9.17, 15) is 0 Å². The molecule has 2 aliphatic heterocycles. The maximum Gasteiger partial charge on any atom is 0.0957 e. The summed E-state index contributed by atoms with van der Waals surface area (Å²) in [6, 6.07) is 2.62. The van der Waals surface area contributed by atoms with Crippen molar-refractivity contribution in [2.45, 2.75) is 44.8 Å². The number of aromatic nitrogens is 2. The van der Waals surface area contributed by atoms with E-state index in [1.165, 1.54) is 5.69 Å². The van der Waals surface area contributed by atoms with Gasteiger partial charge in [-0.15, -0.1) is 0 Å². The van der Waals surface area contributed by atoms with E-state index in [0.717, 1.165) is 44.8 Å². The molecule has 0 radical (unpaired) electrons. The van der Waals surface area contributed by atoms with Crippen molar-refractivity contribution in [3.63, 3.8) is 0 Å². The lowest BCUT2D eigenvalue weighted by Crippen LogP contribution is -2.41. The van der Waals surface area contributed by atoms with Gasteiger partial charge >= 0.3 is 0 Å². The zero-order valence-corrected chi connectivity index (χ0v) is 10.6. The molecule has 17 heavy (non-hydrogen) atoms. The van der Waals surface area contributed by atoms with Crippen LogP contribution >= 0.6 is 0 Å². The monoisotopic (exact) mass is 236 g/mol. The molecule has 1 aromatic heterocycles. The first-order valence-electron chi connectivity index (χ1n) is 6.43. The normalized spacial score (nSPS) is 33.4. The van der Waals surface area contributed by atoms with Crippen LogP contribution in [0.25, 0.3) is 0 Å². The van der Waals surface area contributed by atoms with Crippen molar-refractivity contribution in [3.8, 4) is 0 Å². The van der Waals surface area contributed by atoms with Gasteiger partial charge in [-0.1, -0.05) is 0 Å². The quantitative estimate of drug-likeness (QED) is 0.748. The average Bonchev–Trinajstić information content (AvgIpc) is 2.86. The van der Waals surface area contributed by atoms with Gasteiger partial charge in [-0.3, -0.25) is 4.68 Å². The summed E-state index contributed by atoms with van der Waals surface area (Å²) in [6.07, 6.45) is 3.13. The second kappa shape index (κ2) is 4.10. The molecule has 0 amide bonds. The molecule has 2 atom stereocenters. The summed E-state index contributed by atoms with van der Waals surface area (Å²) in [7, 11) is 0. The predicted molar refractivity (Wildman–Crippen MR) is 64.1 cm³/mol. The molecule has 2 saturated heterocycles. The summed E-state index contributed by atoms with van der Waals surface area (Å²) >= 11 is 0. The summed E-state index contributed by atoms with van der Waals surface area (Å²) in [5, 5.41) is 4.61. The number of hydrogen-bond donors (Lipinski definition) is 0. The maximum absolute atomic E-state index is 5.96. The van der Waals surface area contributed by atoms with Gasteiger partial charge in [-0.25, -0.2) is 0 Å². The van der Waals surface area contributed by atoms with Crippen LogP contribution in [0, 0.1) is 13.8 Å². The third-order valence-corrected chi connectivity index (χ3v) is 3.92. The van der Waals surface area contributed by atoms with Crippen LogP contribution in [0.4, 0.5) is 0 Å². The first kappa shape index (κ1) is 11.2. The van der Waals surface area contributed by atoms with Crippen LogP contribution in [0.3, 0.4) is 0 Å². The summed E-state index contributed by atoms with van der Waals surface area (Å²) in [6.45, 7) is 6.60. The van der Waals surface area contributed by atoms with Crippen LogP contribution in [0.15, 0.2) is 6.07 Å². The number of hydrogen-bond acceptors (Lipinski definition) is 3. The molecule has 3 rings (SSSR count). The van der Waals surface area contributed by atoms with Gasteiger partial charge in [-0.05, 0) is 26.3 Å². The van der Waals surface area contributed by atoms with E-state index in [-0.39, 0.29) is 5.60 Å². The van der Waals surface area contributed by atoms with Gasteiger partial charge in [0.1, 0.15) is 0 Å². The van der Waals surface area contributed by atoms with E-state index < -0.39 is 0 Å². The van der Waals surface area contributed by atoms with Crippen molar-refractivity contribution in [2.24, 2.45) is 0 Å². The zero-order chi connectivity index (χ0) is 11.9. The summed E-state index contributed by atoms with van der Waals surface area (Å²) < 4.78 is 13.6. The summed E-state index contributed by atoms with van der Waals surface area (Å²) in [4.78, 5) is 0. The molecule has 1 aromatic rings. The molecule has 0 aromatic carbocycles. The lowest BCUT2D eigenvalue weighted by molar-refractivity contribution is -0.0964. The molecule has 3 heterocycles. The molecule has 4 heteroatoms. The Labute approximate surface area is 102 Å². The molecule has 2 aliphatic rings. The van der Waals surface area contributed by atoms with Crippen LogP contribution in [0.5, 0.6) is 0 Å². The van der Waals surface area contributed by atoms with Crippen LogP contribution in [0.1, 0.15) is 36.7 Å². The lowest BCUT2D eigenvalue weighted by atomic mass is 9.90. The third kappa shape index (κ3) is 2.00. The fourth-order valence-electron chi connectivity index (χ4n) is 3.09. The van der Waals surface area contributed by atoms with E-state index in [1.54, 1.807) is 0 Å². The Hall–Kier alpha value is -0.870. The van der Waals surface area contributed by atoms with Gasteiger partial charge < -0.3 is 9.47 Å². The molecular formula is C13H20N2O2. The molecule has 2 fully saturated rings. The molecule has 2 unspecified atom stereocenters. The van der Waals surface area contributed by atoms with Crippen LogP contribution in [0.2, 0.25) is 0 Å². The highest BCUT2D eigenvalue weighted by Crippen LogP contribution is 2.38. The van der Waals surface area contributed by atoms with Crippen molar-refractivity contribution in [2.75, 3.05) is 19.8 Å². The van der Waals surface area contributed by atoms with Gasteiger partial charge in [0.05, 0.1) is 23.9 Å². The fourth-order valence-corrected chi connectivity index (χ4v) is 3.09. The van der Waals surface area contributed by atoms with E-state index in [4.69, 9.17) is 9.47 Å². The predicted octanol–water partition coefficient (Wildman–Crippen LogP) is 2.01. The van der Waals surface area contributed by atoms with Crippen molar-refractivity contribution in [3.05, 3.63) is 17.5 Å². The number of nitrogens with zero attached hydrogens (tertiary/aromatic N) is 2. The van der Waals surface area contributed by atoms with E-state index in [0.29, 0.717) is 6.04 Å². The molecule has 0 aliphatic carbocycles. The second-order valence-electron chi connectivity index (χ2n) is 5.35. The Morgan fingerprint density at radius 2 is 2.29 bits per heavy atom. The van der Waals surface area contributed by atoms with Crippen molar-refractivity contribution in [1.29, 1.82) is 0 Å². The van der Waals surface area contributed by atoms with Crippen molar-refractivity contribution in [1.82, 2.24) is 9.78 Å². The van der Waals surface area contributed by atoms with Gasteiger partial charge in [0, 0.05) is 31.7 Å². The lowest BCUT2D eigenvalue weighted by Gasteiger charge is -2.37. The van der Waals surface area contributed by atoms with Crippen LogP contribution in [-0.2, 0) is 9.47 Å². The van der Waals surface area contributed by atoms with Crippen molar-refractivity contribution < 1.29 is 9.47 Å². The van der Waals surface area contributed by atoms with E-state index >= 15 is 0 Å². The Kier molecular flexibility index (Phi) is 2.71. The highest BCUT2D eigenvalue weighted by Gasteiger charge is 2.41. The number of rotatable bonds is 1. The summed E-state index contributed by atoms with van der Waals surface area (Å²) in [5.74, 6) is 0. The standard InChI is InChI=1S/C13H20N2O2/c1-10-7-11(2)15(14-10)12-3-5-17-13(8-12)4-6-16-9-13/h7,12H,3-6,8-9H2,1-2H3. The molecule has 0 N–H and O–H groups in total. The minimum atomic E-state index is -0.0325. The van der Waals surface area contributed by atoms with Gasteiger partial charge in [-0.2, -0.15) is 5.10 Å². The second-order valence-corrected chi connectivity index (χ2v) is 5.35. The SMILES string of the molecule is Cc1cc(C)n(C2CCOC3(CCOC3)C2)n1. The molecule has 0 bridgehead atoms. The first-order valence-corrected chi connectivity index (χ1v) is 6.43. The highest BCUT2D eigenvalue weighted by atomic mass is 16.6. The minimum absolute atomic E-state index is 0.0325. The maximum atomic E-state index is 5.96. The largest absolute Gasteiger partial charge is 0.378 e. The minimum Gasteiger partial charge on any atom is -0.378 e. The molecule has 0 saturated carbocycles. The Bertz CT molecular complexity index is 408. The molecule has 4 nitrogen and oxygen atoms in total. The van der Waals surface area contributed by atoms with Gasteiger partial charge in [0.25, 0.3) is 0 Å². The van der Waals surface area contributed by atoms with Gasteiger partial charge in [0.15, 0.2) is 0 Å². The van der Waals surface area contributed by atoms with Gasteiger partial charge in [0.2, 0.25) is 0 Å². The number of ether oxygens (including phenoxy) is 2. The smallest absolute Gasteiger partial charge is 0.0957 e. The Morgan fingerprint density at radius 3 is 2.94 bits per heavy atom. The number of aryl methyl sites for hydroxylation is 2. The molecule has 94 valence electrons. The van der Waals surface area contributed by atoms with E-state index in [2.05, 4.69) is 29.7 Å². The summed E-state index contributed by atoms with van der Waals surface area (Å²) in [5.41, 5.74) is 2.32. The topological polar surface area (TPSA) is 36.3 Å². The zero-order valence-electron chi connectivity index (χ0n) is 10.6. The average molecular weight is 236 g/mol. The molecule has 1 spiro atoms. The fraction of sp³-hybridized carbons (Fsp3) is 0.769. The third-order valence-electron chi connectivity index (χ3n) is 3.92. The Balaban J connectivity index is 1.82. The first-order chi connectivity index (χ1) is 8.19. The van der Waals surface area contributed by atoms with Crippen molar-refractivity contribution >= 4 is 0 Å². The van der Waals surface area contributed by atoms with Crippen LogP contribution in [-0.4, -0.2) is 35.2 Å². The van der Waals surface area contributed by atoms with Crippen LogP contribution < -0.4 is 0 Å².